The summed E-state index contributed by atoms with van der Waals surface area (Å²) in [6, 6.07) is 18.4. The zero-order chi connectivity index (χ0) is 19.7. The van der Waals surface area contributed by atoms with Crippen LogP contribution in [0.15, 0.2) is 59.8 Å². The monoisotopic (exact) mass is 390 g/mol. The van der Waals surface area contributed by atoms with Crippen LogP contribution in [0.4, 0.5) is 0 Å². The topological polar surface area (TPSA) is 50.5 Å². The molecule has 2 aromatic heterocycles. The number of hydrogen-bond donors (Lipinski definition) is 0. The van der Waals surface area contributed by atoms with Crippen LogP contribution < -0.4 is 0 Å². The Morgan fingerprint density at radius 2 is 1.79 bits per heavy atom. The molecule has 5 nitrogen and oxygen atoms in total. The summed E-state index contributed by atoms with van der Waals surface area (Å²) >= 11 is 1.43. The maximum atomic E-state index is 12.7. The summed E-state index contributed by atoms with van der Waals surface area (Å²) < 4.78 is 2.03. The van der Waals surface area contributed by atoms with E-state index in [1.165, 1.54) is 28.3 Å². The van der Waals surface area contributed by atoms with Gasteiger partial charge < -0.3 is 4.90 Å². The first-order chi connectivity index (χ1) is 13.5. The number of amides is 1. The van der Waals surface area contributed by atoms with Gasteiger partial charge in [-0.2, -0.15) is 0 Å². The minimum absolute atomic E-state index is 0.0708. The molecule has 28 heavy (non-hydrogen) atoms. The second-order valence-electron chi connectivity index (χ2n) is 6.99. The second kappa shape index (κ2) is 7.64. The summed E-state index contributed by atoms with van der Waals surface area (Å²) in [7, 11) is 1.84. The van der Waals surface area contributed by atoms with E-state index in [4.69, 9.17) is 0 Å². The molecule has 0 bridgehead atoms. The van der Waals surface area contributed by atoms with E-state index in [-0.39, 0.29) is 5.91 Å². The quantitative estimate of drug-likeness (QED) is 0.478. The van der Waals surface area contributed by atoms with Gasteiger partial charge in [0.05, 0.1) is 11.3 Å². The summed E-state index contributed by atoms with van der Waals surface area (Å²) in [6.07, 6.45) is 0. The highest BCUT2D eigenvalue weighted by Gasteiger charge is 2.15. The minimum atomic E-state index is 0.0708. The molecule has 0 spiro atoms. The van der Waals surface area contributed by atoms with Crippen LogP contribution in [-0.2, 0) is 11.3 Å². The van der Waals surface area contributed by atoms with E-state index in [1.54, 1.807) is 4.90 Å². The highest BCUT2D eigenvalue weighted by Crippen LogP contribution is 2.26. The van der Waals surface area contributed by atoms with Crippen LogP contribution in [0, 0.1) is 13.8 Å². The van der Waals surface area contributed by atoms with Crippen molar-refractivity contribution in [3.05, 3.63) is 71.3 Å². The third-order valence-electron chi connectivity index (χ3n) is 4.99. The molecule has 0 aliphatic rings. The fraction of sp³-hybridized carbons (Fsp3) is 0.227. The van der Waals surface area contributed by atoms with Gasteiger partial charge in [-0.25, -0.2) is 0 Å². The highest BCUT2D eigenvalue weighted by molar-refractivity contribution is 7.99. The number of para-hydroxylation sites is 1. The molecular weight excluding hydrogens is 368 g/mol. The van der Waals surface area contributed by atoms with Crippen molar-refractivity contribution in [1.29, 1.82) is 0 Å². The molecule has 142 valence electrons. The average molecular weight is 391 g/mol. The number of hydrogen-bond acceptors (Lipinski definition) is 4. The molecule has 1 amide bonds. The number of pyridine rings is 1. The Balaban J connectivity index is 1.53. The molecule has 0 radical (unpaired) electrons. The summed E-state index contributed by atoms with van der Waals surface area (Å²) in [5.74, 6) is 0.396. The molecule has 2 aromatic carbocycles. The Hall–Kier alpha value is -2.86. The van der Waals surface area contributed by atoms with E-state index in [1.807, 2.05) is 41.8 Å². The van der Waals surface area contributed by atoms with Crippen molar-refractivity contribution in [3.63, 3.8) is 0 Å². The first kappa shape index (κ1) is 18.5. The van der Waals surface area contributed by atoms with Crippen LogP contribution in [0.3, 0.4) is 0 Å². The van der Waals surface area contributed by atoms with Crippen LogP contribution >= 0.6 is 11.8 Å². The van der Waals surface area contributed by atoms with Crippen molar-refractivity contribution in [2.45, 2.75) is 25.5 Å². The predicted molar refractivity (Wildman–Crippen MR) is 114 cm³/mol. The first-order valence-corrected chi connectivity index (χ1v) is 10.2. The number of aryl methyl sites for hydroxylation is 2. The van der Waals surface area contributed by atoms with Crippen molar-refractivity contribution < 1.29 is 4.79 Å². The Morgan fingerprint density at radius 3 is 2.61 bits per heavy atom. The van der Waals surface area contributed by atoms with Gasteiger partial charge in [0, 0.05) is 19.0 Å². The highest BCUT2D eigenvalue weighted by atomic mass is 32.2. The van der Waals surface area contributed by atoms with Crippen LogP contribution in [-0.4, -0.2) is 38.2 Å². The normalized spacial score (nSPS) is 11.2. The SMILES string of the molecule is Cc1ccccc1CN(C)C(=O)CSc1nnc2cc(C)c3ccccc3n12. The fourth-order valence-corrected chi connectivity index (χ4v) is 4.23. The molecule has 4 rings (SSSR count). The second-order valence-corrected chi connectivity index (χ2v) is 7.93. The minimum Gasteiger partial charge on any atom is -0.341 e. The smallest absolute Gasteiger partial charge is 0.233 e. The van der Waals surface area contributed by atoms with Crippen LogP contribution in [0.1, 0.15) is 16.7 Å². The summed E-state index contributed by atoms with van der Waals surface area (Å²) in [4.78, 5) is 14.4. The maximum absolute atomic E-state index is 12.7. The molecule has 0 unspecified atom stereocenters. The van der Waals surface area contributed by atoms with Gasteiger partial charge in [-0.3, -0.25) is 9.20 Å². The van der Waals surface area contributed by atoms with Gasteiger partial charge in [0.15, 0.2) is 10.8 Å². The number of nitrogens with zero attached hydrogens (tertiary/aromatic N) is 4. The molecular formula is C22H22N4OS. The van der Waals surface area contributed by atoms with Gasteiger partial charge in [-0.1, -0.05) is 54.2 Å². The van der Waals surface area contributed by atoms with E-state index in [0.29, 0.717) is 12.3 Å². The van der Waals surface area contributed by atoms with Crippen molar-refractivity contribution in [1.82, 2.24) is 19.5 Å². The van der Waals surface area contributed by atoms with Gasteiger partial charge >= 0.3 is 0 Å². The fourth-order valence-electron chi connectivity index (χ4n) is 3.34. The standard InChI is InChI=1S/C22H22N4OS/c1-15-8-4-5-9-17(15)13-25(3)21(27)14-28-22-24-23-20-12-16(2)18-10-6-7-11-19(18)26(20)22/h4-12H,13-14H2,1-3H3. The summed E-state index contributed by atoms with van der Waals surface area (Å²) in [6.45, 7) is 4.75. The van der Waals surface area contributed by atoms with E-state index in [2.05, 4.69) is 48.3 Å². The predicted octanol–water partition coefficient (Wildman–Crippen LogP) is 4.25. The van der Waals surface area contributed by atoms with Gasteiger partial charge in [0.25, 0.3) is 0 Å². The summed E-state index contributed by atoms with van der Waals surface area (Å²) in [5.41, 5.74) is 5.39. The lowest BCUT2D eigenvalue weighted by atomic mass is 10.1. The lowest BCUT2D eigenvalue weighted by Crippen LogP contribution is -2.28. The van der Waals surface area contributed by atoms with Gasteiger partial charge in [0.2, 0.25) is 5.91 Å². The Labute approximate surface area is 168 Å². The molecule has 0 saturated heterocycles. The van der Waals surface area contributed by atoms with E-state index in [9.17, 15) is 4.79 Å². The van der Waals surface area contributed by atoms with Gasteiger partial charge in [0.1, 0.15) is 0 Å². The third kappa shape index (κ3) is 3.47. The Kier molecular flexibility index (Phi) is 5.05. The van der Waals surface area contributed by atoms with E-state index < -0.39 is 0 Å². The van der Waals surface area contributed by atoms with Crippen LogP contribution in [0.5, 0.6) is 0 Å². The van der Waals surface area contributed by atoms with Crippen molar-refractivity contribution in [3.8, 4) is 0 Å². The molecule has 0 saturated carbocycles. The average Bonchev–Trinajstić information content (AvgIpc) is 3.11. The number of rotatable bonds is 5. The number of aromatic nitrogens is 3. The van der Waals surface area contributed by atoms with E-state index >= 15 is 0 Å². The van der Waals surface area contributed by atoms with Crippen LogP contribution in [0.25, 0.3) is 16.6 Å². The van der Waals surface area contributed by atoms with E-state index in [0.717, 1.165) is 21.9 Å². The molecule has 6 heteroatoms. The molecule has 0 aliphatic heterocycles. The molecule has 0 atom stereocenters. The third-order valence-corrected chi connectivity index (χ3v) is 5.91. The number of thioether (sulfide) groups is 1. The maximum Gasteiger partial charge on any atom is 0.233 e. The lowest BCUT2D eigenvalue weighted by Gasteiger charge is -2.18. The van der Waals surface area contributed by atoms with Gasteiger partial charge in [-0.15, -0.1) is 10.2 Å². The Morgan fingerprint density at radius 1 is 1.04 bits per heavy atom. The number of carbonyl (C=O) groups is 1. The van der Waals surface area contributed by atoms with Gasteiger partial charge in [-0.05, 0) is 42.7 Å². The van der Waals surface area contributed by atoms with Crippen molar-refractivity contribution in [2.75, 3.05) is 12.8 Å². The molecule has 2 heterocycles. The Bertz CT molecular complexity index is 1170. The lowest BCUT2D eigenvalue weighted by molar-refractivity contribution is -0.127. The molecule has 0 aliphatic carbocycles. The number of benzene rings is 2. The molecule has 4 aromatic rings. The number of fused-ring (bicyclic) bond motifs is 3. The summed E-state index contributed by atoms with van der Waals surface area (Å²) in [5, 5.41) is 10.5. The molecule has 0 N–H and O–H groups in total. The molecule has 0 fully saturated rings. The van der Waals surface area contributed by atoms with Crippen molar-refractivity contribution in [2.24, 2.45) is 0 Å². The largest absolute Gasteiger partial charge is 0.341 e. The van der Waals surface area contributed by atoms with Crippen molar-refractivity contribution >= 4 is 34.2 Å². The van der Waals surface area contributed by atoms with Crippen LogP contribution in [0.2, 0.25) is 0 Å². The zero-order valence-corrected chi connectivity index (χ0v) is 17.0. The zero-order valence-electron chi connectivity index (χ0n) is 16.2. The number of carbonyl (C=O) groups excluding carboxylic acids is 1. The first-order valence-electron chi connectivity index (χ1n) is 9.19.